The van der Waals surface area contributed by atoms with Crippen molar-refractivity contribution in [2.24, 2.45) is 0 Å². The molecule has 3 aromatic rings. The number of benzene rings is 3. The highest BCUT2D eigenvalue weighted by atomic mass is 16.7. The van der Waals surface area contributed by atoms with Crippen LogP contribution >= 0.6 is 0 Å². The minimum absolute atomic E-state index is 0.00732. The number of hydrogen-bond donors (Lipinski definition) is 5. The predicted octanol–water partition coefficient (Wildman–Crippen LogP) is 2.52. The largest absolute Gasteiger partial charge is 0.508 e. The van der Waals surface area contributed by atoms with Crippen molar-refractivity contribution in [3.63, 3.8) is 0 Å². The summed E-state index contributed by atoms with van der Waals surface area (Å²) < 4.78 is 27.8. The summed E-state index contributed by atoms with van der Waals surface area (Å²) in [4.78, 5) is 37.0. The van der Waals surface area contributed by atoms with E-state index in [2.05, 4.69) is 0 Å². The van der Waals surface area contributed by atoms with E-state index in [1.54, 1.807) is 24.3 Å². The Bertz CT molecular complexity index is 1580. The summed E-state index contributed by atoms with van der Waals surface area (Å²) in [5.41, 5.74) is 1.15. The van der Waals surface area contributed by atoms with Crippen LogP contribution in [0.5, 0.6) is 28.7 Å². The molecule has 2 heterocycles. The number of phenols is 3. The highest BCUT2D eigenvalue weighted by Crippen LogP contribution is 2.42. The molecule has 2 aliphatic heterocycles. The Hall–Kier alpha value is -5.11. The number of Topliss-reactive ketones (excluding diaryl/α,β-unsaturated/α-hetero) is 1. The molecule has 0 bridgehead atoms. The Morgan fingerprint density at radius 3 is 2.29 bits per heavy atom. The van der Waals surface area contributed by atoms with Gasteiger partial charge in [0.25, 0.3) is 0 Å². The van der Waals surface area contributed by atoms with Crippen molar-refractivity contribution < 1.29 is 63.6 Å². The lowest BCUT2D eigenvalue weighted by Gasteiger charge is -2.41. The van der Waals surface area contributed by atoms with E-state index in [0.29, 0.717) is 11.1 Å². The van der Waals surface area contributed by atoms with Gasteiger partial charge in [-0.3, -0.25) is 9.59 Å². The molecule has 1 fully saturated rings. The van der Waals surface area contributed by atoms with Gasteiger partial charge in [-0.15, -0.1) is 0 Å². The standard InChI is InChI=1S/C32H30O13/c1-16(33)42-31-29(39)26(15-41-27(38)11-4-17-2-7-19(34)8-3-17)45-32(30(31)40)43-21-12-22(36)28-23(37)14-24(44-25(28)13-21)18-5-9-20(35)10-6-18/h2-13,24,26,29-32,34-36,39-40H,14-15H2,1H3. The maximum absolute atomic E-state index is 12.9. The molecule has 1 saturated heterocycles. The first-order valence-corrected chi connectivity index (χ1v) is 13.8. The van der Waals surface area contributed by atoms with Crippen LogP contribution < -0.4 is 9.47 Å². The second kappa shape index (κ2) is 13.3. The normalized spacial score (nSPS) is 24.4. The Morgan fingerprint density at radius 2 is 1.62 bits per heavy atom. The van der Waals surface area contributed by atoms with Crippen LogP contribution in [0.4, 0.5) is 0 Å². The highest BCUT2D eigenvalue weighted by molar-refractivity contribution is 6.02. The van der Waals surface area contributed by atoms with Gasteiger partial charge >= 0.3 is 11.9 Å². The molecule has 5 N–H and O–H groups in total. The predicted molar refractivity (Wildman–Crippen MR) is 153 cm³/mol. The van der Waals surface area contributed by atoms with E-state index in [1.807, 2.05) is 0 Å². The molecule has 236 valence electrons. The van der Waals surface area contributed by atoms with Gasteiger partial charge in [0, 0.05) is 25.1 Å². The summed E-state index contributed by atoms with van der Waals surface area (Å²) in [6, 6.07) is 14.6. The summed E-state index contributed by atoms with van der Waals surface area (Å²) >= 11 is 0. The lowest BCUT2D eigenvalue weighted by Crippen LogP contribution is -2.61. The number of phenolic OH excluding ortho intramolecular Hbond substituents is 3. The van der Waals surface area contributed by atoms with Crippen LogP contribution in [0.1, 0.15) is 40.9 Å². The summed E-state index contributed by atoms with van der Waals surface area (Å²) in [6.45, 7) is 0.555. The molecule has 3 aromatic carbocycles. The van der Waals surface area contributed by atoms with Crippen LogP contribution in [-0.2, 0) is 23.8 Å². The second-order valence-corrected chi connectivity index (χ2v) is 10.4. The number of carbonyl (C=O) groups is 3. The van der Waals surface area contributed by atoms with Crippen LogP contribution in [0.2, 0.25) is 0 Å². The van der Waals surface area contributed by atoms with E-state index < -0.39 is 66.9 Å². The van der Waals surface area contributed by atoms with E-state index in [0.717, 1.165) is 19.1 Å². The summed E-state index contributed by atoms with van der Waals surface area (Å²) in [5.74, 6) is -2.47. The third-order valence-electron chi connectivity index (χ3n) is 7.13. The molecule has 13 nitrogen and oxygen atoms in total. The molecule has 0 amide bonds. The van der Waals surface area contributed by atoms with E-state index >= 15 is 0 Å². The molecule has 2 aliphatic rings. The number of aliphatic hydroxyl groups is 2. The van der Waals surface area contributed by atoms with Gasteiger partial charge in [-0.25, -0.2) is 4.79 Å². The minimum Gasteiger partial charge on any atom is -0.508 e. The fraction of sp³-hybridized carbons (Fsp3) is 0.281. The number of ether oxygens (including phenoxy) is 5. The number of ketones is 1. The van der Waals surface area contributed by atoms with E-state index in [-0.39, 0.29) is 35.0 Å². The van der Waals surface area contributed by atoms with Crippen LogP contribution in [0, 0.1) is 0 Å². The number of carbonyl (C=O) groups excluding carboxylic acids is 3. The smallest absolute Gasteiger partial charge is 0.330 e. The zero-order valence-corrected chi connectivity index (χ0v) is 23.8. The number of rotatable bonds is 8. The van der Waals surface area contributed by atoms with Crippen molar-refractivity contribution in [1.29, 1.82) is 0 Å². The third-order valence-corrected chi connectivity index (χ3v) is 7.13. The van der Waals surface area contributed by atoms with E-state index in [1.165, 1.54) is 36.4 Å². The van der Waals surface area contributed by atoms with E-state index in [9.17, 15) is 39.9 Å². The van der Waals surface area contributed by atoms with Crippen molar-refractivity contribution in [3.05, 3.63) is 83.4 Å². The number of aromatic hydroxyl groups is 3. The first-order valence-electron chi connectivity index (χ1n) is 13.8. The number of esters is 2. The van der Waals surface area contributed by atoms with Crippen LogP contribution in [-0.4, -0.2) is 80.6 Å². The van der Waals surface area contributed by atoms with Gasteiger partial charge in [-0.05, 0) is 41.5 Å². The molecule has 6 atom stereocenters. The Labute approximate surface area is 256 Å². The van der Waals surface area contributed by atoms with Gasteiger partial charge in [0.2, 0.25) is 6.29 Å². The van der Waals surface area contributed by atoms with Gasteiger partial charge in [0.05, 0.1) is 6.42 Å². The van der Waals surface area contributed by atoms with Crippen molar-refractivity contribution in [1.82, 2.24) is 0 Å². The number of hydrogen-bond acceptors (Lipinski definition) is 13. The van der Waals surface area contributed by atoms with Gasteiger partial charge in [-0.2, -0.15) is 0 Å². The first-order chi connectivity index (χ1) is 21.5. The van der Waals surface area contributed by atoms with Gasteiger partial charge < -0.3 is 49.2 Å². The number of fused-ring (bicyclic) bond motifs is 1. The fourth-order valence-corrected chi connectivity index (χ4v) is 4.92. The summed E-state index contributed by atoms with van der Waals surface area (Å²) in [6.07, 6.45) is -6.03. The van der Waals surface area contributed by atoms with Crippen molar-refractivity contribution in [2.45, 2.75) is 50.2 Å². The topological polar surface area (TPSA) is 199 Å². The van der Waals surface area contributed by atoms with Crippen LogP contribution in [0.3, 0.4) is 0 Å². The van der Waals surface area contributed by atoms with Crippen molar-refractivity contribution in [2.75, 3.05) is 6.61 Å². The molecule has 5 rings (SSSR count). The van der Waals surface area contributed by atoms with Gasteiger partial charge in [0.1, 0.15) is 59.2 Å². The molecule has 0 saturated carbocycles. The minimum atomic E-state index is -1.73. The summed E-state index contributed by atoms with van der Waals surface area (Å²) in [5, 5.41) is 51.3. The molecule has 45 heavy (non-hydrogen) atoms. The molecule has 6 unspecified atom stereocenters. The van der Waals surface area contributed by atoms with E-state index in [4.69, 9.17) is 23.7 Å². The molecule has 0 spiro atoms. The molecule has 13 heteroatoms. The zero-order chi connectivity index (χ0) is 32.2. The number of aliphatic hydroxyl groups excluding tert-OH is 2. The molecule has 0 aliphatic carbocycles. The quantitative estimate of drug-likeness (QED) is 0.182. The second-order valence-electron chi connectivity index (χ2n) is 10.4. The Balaban J connectivity index is 1.32. The first kappa shape index (κ1) is 31.3. The lowest BCUT2D eigenvalue weighted by atomic mass is 9.95. The Morgan fingerprint density at radius 1 is 0.956 bits per heavy atom. The fourth-order valence-electron chi connectivity index (χ4n) is 4.92. The zero-order valence-electron chi connectivity index (χ0n) is 23.8. The maximum atomic E-state index is 12.9. The van der Waals surface area contributed by atoms with Gasteiger partial charge in [0.15, 0.2) is 18.0 Å². The average Bonchev–Trinajstić information content (AvgIpc) is 2.99. The third kappa shape index (κ3) is 7.34. The van der Waals surface area contributed by atoms with Gasteiger partial charge in [-0.1, -0.05) is 24.3 Å². The average molecular weight is 623 g/mol. The molecular weight excluding hydrogens is 592 g/mol. The van der Waals surface area contributed by atoms with Crippen LogP contribution in [0.15, 0.2) is 66.7 Å². The van der Waals surface area contributed by atoms with Crippen molar-refractivity contribution in [3.8, 4) is 28.7 Å². The molecule has 0 radical (unpaired) electrons. The lowest BCUT2D eigenvalue weighted by molar-refractivity contribution is -0.281. The summed E-state index contributed by atoms with van der Waals surface area (Å²) in [7, 11) is 0. The monoisotopic (exact) mass is 622 g/mol. The van der Waals surface area contributed by atoms with Crippen LogP contribution in [0.25, 0.3) is 6.08 Å². The van der Waals surface area contributed by atoms with Crippen molar-refractivity contribution >= 4 is 23.8 Å². The Kier molecular flexibility index (Phi) is 9.23. The molecular formula is C32H30O13. The molecule has 0 aromatic heterocycles. The SMILES string of the molecule is CC(=O)OC1C(O)C(COC(=O)C=Cc2ccc(O)cc2)OC(Oc2cc(O)c3c(c2)OC(c2ccc(O)cc2)CC3=O)C1O. The maximum Gasteiger partial charge on any atom is 0.330 e. The highest BCUT2D eigenvalue weighted by Gasteiger charge is 2.48.